The number of aromatic nitrogens is 4. The fourth-order valence-corrected chi connectivity index (χ4v) is 5.58. The number of carbonyl (C=O) groups excluding carboxylic acids is 2. The van der Waals surface area contributed by atoms with Gasteiger partial charge in [-0.25, -0.2) is 14.4 Å². The van der Waals surface area contributed by atoms with Gasteiger partial charge in [0.1, 0.15) is 18.0 Å². The minimum Gasteiger partial charge on any atom is -0.504 e. The van der Waals surface area contributed by atoms with E-state index in [9.17, 15) is 23.9 Å². The fourth-order valence-electron chi connectivity index (χ4n) is 5.43. The minimum absolute atomic E-state index is 0.00228. The first kappa shape index (κ1) is 29.9. The van der Waals surface area contributed by atoms with Crippen molar-refractivity contribution in [1.82, 2.24) is 24.0 Å². The zero-order valence-electron chi connectivity index (χ0n) is 23.8. The Labute approximate surface area is 249 Å². The van der Waals surface area contributed by atoms with Gasteiger partial charge in [0.25, 0.3) is 11.5 Å². The molecule has 4 N–H and O–H groups in total. The van der Waals surface area contributed by atoms with Crippen LogP contribution in [-0.4, -0.2) is 73.1 Å². The Balaban J connectivity index is 1.52. The van der Waals surface area contributed by atoms with Crippen molar-refractivity contribution in [3.05, 3.63) is 63.4 Å². The number of hydrogen-bond donors (Lipinski definition) is 3. The lowest BCUT2D eigenvalue weighted by Crippen LogP contribution is -2.58. The van der Waals surface area contributed by atoms with E-state index in [-0.39, 0.29) is 27.2 Å². The van der Waals surface area contributed by atoms with Gasteiger partial charge in [0.15, 0.2) is 11.6 Å². The summed E-state index contributed by atoms with van der Waals surface area (Å²) in [6.45, 7) is 6.15. The Morgan fingerprint density at radius 2 is 1.86 bits per heavy atom. The van der Waals surface area contributed by atoms with Crippen molar-refractivity contribution < 1.29 is 23.5 Å². The van der Waals surface area contributed by atoms with Gasteiger partial charge in [0.05, 0.1) is 34.2 Å². The van der Waals surface area contributed by atoms with E-state index in [2.05, 4.69) is 38.9 Å². The average Bonchev–Trinajstić information content (AvgIpc) is 3.28. The van der Waals surface area contributed by atoms with Crippen molar-refractivity contribution in [1.29, 1.82) is 0 Å². The van der Waals surface area contributed by atoms with E-state index in [1.165, 1.54) is 30.3 Å². The molecule has 1 saturated heterocycles. The van der Waals surface area contributed by atoms with Crippen molar-refractivity contribution in [2.24, 2.45) is 12.8 Å². The van der Waals surface area contributed by atoms with Crippen molar-refractivity contribution in [3.63, 3.8) is 0 Å². The molecule has 5 rings (SSSR count). The molecule has 4 aromatic rings. The highest BCUT2D eigenvalue weighted by atomic mass is 35.5. The number of nitrogens with two attached hydrogens (primary N) is 1. The summed E-state index contributed by atoms with van der Waals surface area (Å²) >= 11 is 6.38. The number of aryl methyl sites for hydroxylation is 1. The van der Waals surface area contributed by atoms with E-state index in [0.717, 1.165) is 30.3 Å². The third kappa shape index (κ3) is 5.39. The summed E-state index contributed by atoms with van der Waals surface area (Å²) in [5, 5.41) is 12.7. The largest absolute Gasteiger partial charge is 0.504 e. The maximum atomic E-state index is 15.1. The van der Waals surface area contributed by atoms with Crippen LogP contribution in [0.5, 0.6) is 5.75 Å². The minimum atomic E-state index is -1.71. The van der Waals surface area contributed by atoms with Gasteiger partial charge in [-0.1, -0.05) is 11.6 Å². The molecule has 12 nitrogen and oxygen atoms in total. The Hall–Kier alpha value is -4.56. The Bertz CT molecular complexity index is 1850. The van der Waals surface area contributed by atoms with Crippen LogP contribution in [-0.2, 0) is 18.4 Å². The number of aromatic hydroxyl groups is 1. The molecule has 0 saturated carbocycles. The normalized spacial score (nSPS) is 15.2. The van der Waals surface area contributed by atoms with E-state index in [1.807, 2.05) is 7.05 Å². The van der Waals surface area contributed by atoms with Gasteiger partial charge in [0, 0.05) is 55.6 Å². The highest BCUT2D eigenvalue weighted by Crippen LogP contribution is 2.36. The van der Waals surface area contributed by atoms with Crippen LogP contribution < -0.4 is 21.5 Å². The first-order chi connectivity index (χ1) is 20.2. The van der Waals surface area contributed by atoms with Crippen LogP contribution in [0.4, 0.5) is 20.3 Å². The molecule has 1 fully saturated rings. The van der Waals surface area contributed by atoms with Gasteiger partial charge < -0.3 is 35.1 Å². The van der Waals surface area contributed by atoms with Gasteiger partial charge in [-0.2, -0.15) is 4.39 Å². The summed E-state index contributed by atoms with van der Waals surface area (Å²) in [6.07, 6.45) is 3.91. The average molecular weight is 615 g/mol. The van der Waals surface area contributed by atoms with Gasteiger partial charge in [0.2, 0.25) is 11.7 Å². The van der Waals surface area contributed by atoms with Gasteiger partial charge in [-0.05, 0) is 27.0 Å². The van der Waals surface area contributed by atoms with Crippen LogP contribution in [0.25, 0.3) is 22.2 Å². The zero-order chi connectivity index (χ0) is 31.4. The maximum Gasteiger partial charge on any atom is 0.263 e. The fraction of sp³-hybridized carbons (Fsp3) is 0.321. The Morgan fingerprint density at radius 3 is 2.53 bits per heavy atom. The quantitative estimate of drug-likeness (QED) is 0.300. The van der Waals surface area contributed by atoms with E-state index in [1.54, 1.807) is 6.07 Å². The predicted molar refractivity (Wildman–Crippen MR) is 157 cm³/mol. The zero-order valence-corrected chi connectivity index (χ0v) is 24.5. The molecule has 0 unspecified atom stereocenters. The van der Waals surface area contributed by atoms with Crippen LogP contribution in [0.1, 0.15) is 24.2 Å². The first-order valence-electron chi connectivity index (χ1n) is 13.2. The number of nitrogens with one attached hydrogen (secondary N) is 1. The lowest BCUT2D eigenvalue weighted by Gasteiger charge is -2.47. The maximum absolute atomic E-state index is 15.1. The third-order valence-corrected chi connectivity index (χ3v) is 7.77. The lowest BCUT2D eigenvalue weighted by atomic mass is 9.99. The number of piperazine rings is 1. The molecule has 1 aliphatic heterocycles. The van der Waals surface area contributed by atoms with Crippen LogP contribution >= 0.6 is 11.6 Å². The molecular formula is C28H29ClF2N8O4. The second-order valence-corrected chi connectivity index (χ2v) is 11.5. The van der Waals surface area contributed by atoms with Gasteiger partial charge in [-0.3, -0.25) is 14.4 Å². The summed E-state index contributed by atoms with van der Waals surface area (Å²) in [4.78, 5) is 51.2. The molecule has 15 heteroatoms. The molecule has 0 spiro atoms. The molecule has 43 heavy (non-hydrogen) atoms. The standard InChI is InChI=1S/C28H29ClF2N8O4/c1-28(2)12-36(3)5-6-39(28)19-8-18(17(29)9-33-19)35-20(40)11-38-10-16(21-26(38)34-13-37(4)27(21)43)14-7-15(25(32)42)24(41)23(31)22(14)30/h7-10,13,41H,5-6,11-12H2,1-4H3,(H2,32,42)(H,33,35,40). The van der Waals surface area contributed by atoms with Gasteiger partial charge in [-0.15, -0.1) is 0 Å². The number of hydrogen-bond acceptors (Lipinski definition) is 8. The Kier molecular flexibility index (Phi) is 7.60. The number of anilines is 2. The summed E-state index contributed by atoms with van der Waals surface area (Å²) in [6, 6.07) is 2.53. The molecule has 3 aromatic heterocycles. The molecule has 0 aliphatic carbocycles. The number of pyridine rings is 1. The van der Waals surface area contributed by atoms with E-state index >= 15 is 4.39 Å². The van der Waals surface area contributed by atoms with Crippen molar-refractivity contribution in [2.45, 2.75) is 25.9 Å². The molecule has 226 valence electrons. The number of fused-ring (bicyclic) bond motifs is 1. The first-order valence-corrected chi connectivity index (χ1v) is 13.5. The second-order valence-electron chi connectivity index (χ2n) is 11.1. The van der Waals surface area contributed by atoms with Crippen LogP contribution in [0.3, 0.4) is 0 Å². The SMILES string of the molecule is CN1CCN(c2cc(NC(=O)Cn3cc(-c4cc(C(N)=O)c(O)c(F)c4F)c4c(=O)n(C)cnc43)c(Cl)cn2)C(C)(C)C1. The van der Waals surface area contributed by atoms with Crippen molar-refractivity contribution >= 4 is 46.0 Å². The number of carbonyl (C=O) groups is 2. The molecule has 2 amide bonds. The molecule has 0 bridgehead atoms. The van der Waals surface area contributed by atoms with Crippen LogP contribution in [0.15, 0.2) is 35.6 Å². The van der Waals surface area contributed by atoms with Gasteiger partial charge >= 0.3 is 0 Å². The number of rotatable bonds is 6. The predicted octanol–water partition coefficient (Wildman–Crippen LogP) is 2.70. The number of primary amides is 1. The molecular weight excluding hydrogens is 586 g/mol. The van der Waals surface area contributed by atoms with Crippen molar-refractivity contribution in [3.8, 4) is 16.9 Å². The van der Waals surface area contributed by atoms with Crippen LogP contribution in [0.2, 0.25) is 5.02 Å². The second kappa shape index (κ2) is 10.9. The summed E-state index contributed by atoms with van der Waals surface area (Å²) in [7, 11) is 3.46. The molecule has 1 aromatic carbocycles. The topological polar surface area (TPSA) is 152 Å². The number of benzene rings is 1. The molecule has 0 radical (unpaired) electrons. The molecule has 4 heterocycles. The number of halogens is 3. The monoisotopic (exact) mass is 614 g/mol. The smallest absolute Gasteiger partial charge is 0.263 e. The lowest BCUT2D eigenvalue weighted by molar-refractivity contribution is -0.116. The number of amides is 2. The molecule has 1 aliphatic rings. The highest BCUT2D eigenvalue weighted by molar-refractivity contribution is 6.33. The summed E-state index contributed by atoms with van der Waals surface area (Å²) in [5.74, 6) is -5.61. The van der Waals surface area contributed by atoms with Crippen molar-refractivity contribution in [2.75, 3.05) is 36.9 Å². The van der Waals surface area contributed by atoms with E-state index in [0.29, 0.717) is 11.5 Å². The summed E-state index contributed by atoms with van der Waals surface area (Å²) < 4.78 is 32.1. The number of nitrogens with zero attached hydrogens (tertiary/aromatic N) is 6. The number of phenols is 1. The summed E-state index contributed by atoms with van der Waals surface area (Å²) in [5.41, 5.74) is 3.34. The highest BCUT2D eigenvalue weighted by Gasteiger charge is 2.33. The third-order valence-electron chi connectivity index (χ3n) is 7.47. The Morgan fingerprint density at radius 1 is 1.14 bits per heavy atom. The van der Waals surface area contributed by atoms with E-state index < -0.39 is 52.4 Å². The van der Waals surface area contributed by atoms with E-state index in [4.69, 9.17) is 17.3 Å². The number of likely N-dealkylation sites (N-methyl/N-ethyl adjacent to an activating group) is 1. The van der Waals surface area contributed by atoms with Crippen LogP contribution in [0, 0.1) is 11.6 Å². The molecule has 0 atom stereocenters.